The monoisotopic (exact) mass is 358 g/mol. The zero-order valence-corrected chi connectivity index (χ0v) is 14.7. The van der Waals surface area contributed by atoms with E-state index in [2.05, 4.69) is 31.1 Å². The Kier molecular flexibility index (Phi) is 5.98. The molecule has 2 aromatic carbocycles. The quantitative estimate of drug-likeness (QED) is 0.380. The van der Waals surface area contributed by atoms with E-state index in [0.29, 0.717) is 17.1 Å². The van der Waals surface area contributed by atoms with E-state index in [9.17, 15) is 4.79 Å². The predicted octanol–water partition coefficient (Wildman–Crippen LogP) is 5.04. The first-order valence-corrected chi connectivity index (χ1v) is 8.29. The lowest BCUT2D eigenvalue weighted by Crippen LogP contribution is -2.25. The second-order valence-electron chi connectivity index (χ2n) is 5.58. The van der Waals surface area contributed by atoms with Crippen LogP contribution in [0.3, 0.4) is 0 Å². The molecule has 0 spiro atoms. The highest BCUT2D eigenvalue weighted by Crippen LogP contribution is 2.19. The molecule has 2 N–H and O–H groups in total. The average Bonchev–Trinajstić information content (AvgIpc) is 2.73. The molecular weight excluding hydrogens is 340 g/mol. The summed E-state index contributed by atoms with van der Waals surface area (Å²) in [5.41, 5.74) is 6.14. The van der Waals surface area contributed by atoms with Gasteiger partial charge < -0.3 is 5.32 Å². The molecular formula is C20H18N6O. The number of rotatable bonds is 5. The van der Waals surface area contributed by atoms with Crippen molar-refractivity contribution in [3.8, 4) is 0 Å². The number of anilines is 1. The van der Waals surface area contributed by atoms with E-state index in [4.69, 9.17) is 0 Å². The number of carbonyl (C=O) groups is 1. The van der Waals surface area contributed by atoms with Crippen LogP contribution in [0, 0.1) is 0 Å². The van der Waals surface area contributed by atoms with E-state index in [1.54, 1.807) is 36.7 Å². The summed E-state index contributed by atoms with van der Waals surface area (Å²) in [7, 11) is 0. The Morgan fingerprint density at radius 3 is 2.15 bits per heavy atom. The van der Waals surface area contributed by atoms with E-state index in [0.717, 1.165) is 11.3 Å². The van der Waals surface area contributed by atoms with Crippen LogP contribution in [0.2, 0.25) is 0 Å². The van der Waals surface area contributed by atoms with E-state index in [1.165, 1.54) is 0 Å². The van der Waals surface area contributed by atoms with Crippen LogP contribution in [0.4, 0.5) is 21.9 Å². The zero-order valence-electron chi connectivity index (χ0n) is 14.7. The number of carbonyl (C=O) groups excluding carboxylic acids is 1. The van der Waals surface area contributed by atoms with Gasteiger partial charge in [0.2, 0.25) is 0 Å². The molecule has 0 aliphatic rings. The fourth-order valence-electron chi connectivity index (χ4n) is 2.17. The van der Waals surface area contributed by atoms with Crippen LogP contribution in [-0.4, -0.2) is 16.7 Å². The number of hydrazone groups is 1. The number of urea groups is 1. The maximum atomic E-state index is 12.0. The molecule has 0 unspecified atom stereocenters. The fourth-order valence-corrected chi connectivity index (χ4v) is 2.17. The maximum Gasteiger partial charge on any atom is 0.339 e. The van der Waals surface area contributed by atoms with Crippen LogP contribution in [0.25, 0.3) is 0 Å². The zero-order chi connectivity index (χ0) is 18.9. The largest absolute Gasteiger partial charge is 0.339 e. The molecule has 2 amide bonds. The molecule has 7 heteroatoms. The van der Waals surface area contributed by atoms with Gasteiger partial charge >= 0.3 is 6.03 Å². The number of azo groups is 1. The number of hydrogen-bond acceptors (Lipinski definition) is 5. The molecule has 0 fully saturated rings. The minimum absolute atomic E-state index is 0.429. The molecule has 7 nitrogen and oxygen atoms in total. The summed E-state index contributed by atoms with van der Waals surface area (Å²) < 4.78 is 0. The first-order chi connectivity index (χ1) is 13.2. The second-order valence-corrected chi connectivity index (χ2v) is 5.58. The minimum Gasteiger partial charge on any atom is -0.307 e. The van der Waals surface area contributed by atoms with Crippen molar-refractivity contribution in [3.05, 3.63) is 84.7 Å². The lowest BCUT2D eigenvalue weighted by Gasteiger charge is -2.05. The Hall–Kier alpha value is -3.87. The van der Waals surface area contributed by atoms with Crippen molar-refractivity contribution in [3.63, 3.8) is 0 Å². The Bertz CT molecular complexity index is 937. The number of hydrogen-bond donors (Lipinski definition) is 2. The number of amides is 2. The highest BCUT2D eigenvalue weighted by atomic mass is 16.2. The summed E-state index contributed by atoms with van der Waals surface area (Å²) in [6, 6.07) is 19.7. The fraction of sp³-hybridized carbons (Fsp3) is 0.0500. The molecule has 27 heavy (non-hydrogen) atoms. The van der Waals surface area contributed by atoms with Crippen molar-refractivity contribution in [2.45, 2.75) is 6.92 Å². The predicted molar refractivity (Wildman–Crippen MR) is 106 cm³/mol. The van der Waals surface area contributed by atoms with Crippen LogP contribution in [0.15, 0.2) is 94.5 Å². The molecule has 0 aliphatic heterocycles. The second kappa shape index (κ2) is 9.00. The normalized spacial score (nSPS) is 11.4. The topological polar surface area (TPSA) is 91.1 Å². The third-order valence-electron chi connectivity index (χ3n) is 3.59. The SMILES string of the molecule is C/C(=N/NC(=O)Nc1ccc(N=Nc2ccccc2)cc1)c1ccncc1. The highest BCUT2D eigenvalue weighted by Gasteiger charge is 2.02. The van der Waals surface area contributed by atoms with Gasteiger partial charge in [0.05, 0.1) is 17.1 Å². The summed E-state index contributed by atoms with van der Waals surface area (Å²) in [4.78, 5) is 15.9. The molecule has 0 saturated heterocycles. The van der Waals surface area contributed by atoms with Crippen molar-refractivity contribution in [1.82, 2.24) is 10.4 Å². The van der Waals surface area contributed by atoms with Gasteiger partial charge in [-0.1, -0.05) is 18.2 Å². The number of pyridine rings is 1. The van der Waals surface area contributed by atoms with Crippen LogP contribution < -0.4 is 10.7 Å². The van der Waals surface area contributed by atoms with Crippen molar-refractivity contribution < 1.29 is 4.79 Å². The van der Waals surface area contributed by atoms with Gasteiger partial charge in [0.15, 0.2) is 0 Å². The Morgan fingerprint density at radius 2 is 1.48 bits per heavy atom. The van der Waals surface area contributed by atoms with Gasteiger partial charge in [-0.2, -0.15) is 15.3 Å². The molecule has 1 aromatic heterocycles. The molecule has 0 aliphatic carbocycles. The summed E-state index contributed by atoms with van der Waals surface area (Å²) in [5, 5.41) is 15.1. The summed E-state index contributed by atoms with van der Waals surface area (Å²) in [6.07, 6.45) is 3.34. The highest BCUT2D eigenvalue weighted by molar-refractivity contribution is 5.99. The summed E-state index contributed by atoms with van der Waals surface area (Å²) in [6.45, 7) is 1.81. The lowest BCUT2D eigenvalue weighted by atomic mass is 10.2. The average molecular weight is 358 g/mol. The van der Waals surface area contributed by atoms with Crippen molar-refractivity contribution >= 4 is 28.8 Å². The van der Waals surface area contributed by atoms with Crippen LogP contribution >= 0.6 is 0 Å². The maximum absolute atomic E-state index is 12.0. The van der Waals surface area contributed by atoms with Gasteiger partial charge in [0.1, 0.15) is 0 Å². The summed E-state index contributed by atoms with van der Waals surface area (Å²) >= 11 is 0. The lowest BCUT2D eigenvalue weighted by molar-refractivity contribution is 0.252. The number of nitrogens with zero attached hydrogens (tertiary/aromatic N) is 4. The van der Waals surface area contributed by atoms with Gasteiger partial charge in [-0.05, 0) is 55.5 Å². The molecule has 3 aromatic rings. The number of benzene rings is 2. The smallest absolute Gasteiger partial charge is 0.307 e. The molecule has 0 atom stereocenters. The van der Waals surface area contributed by atoms with Gasteiger partial charge in [0, 0.05) is 23.6 Å². The molecule has 1 heterocycles. The number of nitrogens with one attached hydrogen (secondary N) is 2. The van der Waals surface area contributed by atoms with Crippen LogP contribution in [0.1, 0.15) is 12.5 Å². The van der Waals surface area contributed by atoms with Crippen LogP contribution in [0.5, 0.6) is 0 Å². The minimum atomic E-state index is -0.429. The van der Waals surface area contributed by atoms with Gasteiger partial charge in [0.25, 0.3) is 0 Å². The van der Waals surface area contributed by atoms with Crippen LogP contribution in [-0.2, 0) is 0 Å². The van der Waals surface area contributed by atoms with Gasteiger partial charge in [-0.15, -0.1) is 0 Å². The third-order valence-corrected chi connectivity index (χ3v) is 3.59. The first kappa shape index (κ1) is 17.9. The van der Waals surface area contributed by atoms with Crippen molar-refractivity contribution in [2.75, 3.05) is 5.32 Å². The van der Waals surface area contributed by atoms with Crippen molar-refractivity contribution in [1.29, 1.82) is 0 Å². The standard InChI is InChI=1S/C20H18N6O/c1-15(16-11-13-21-14-12-16)23-26-20(27)22-17-7-9-19(10-8-17)25-24-18-5-3-2-4-6-18/h2-14H,1H3,(H2,22,26,27)/b23-15-,25-24?. The number of aromatic nitrogens is 1. The molecule has 3 rings (SSSR count). The molecule has 0 bridgehead atoms. The first-order valence-electron chi connectivity index (χ1n) is 8.29. The Labute approximate surface area is 156 Å². The van der Waals surface area contributed by atoms with E-state index in [1.807, 2.05) is 49.4 Å². The van der Waals surface area contributed by atoms with Crippen molar-refractivity contribution in [2.24, 2.45) is 15.3 Å². The van der Waals surface area contributed by atoms with E-state index in [-0.39, 0.29) is 0 Å². The van der Waals surface area contributed by atoms with Gasteiger partial charge in [-0.25, -0.2) is 10.2 Å². The Morgan fingerprint density at radius 1 is 0.852 bits per heavy atom. The molecule has 134 valence electrons. The van der Waals surface area contributed by atoms with Gasteiger partial charge in [-0.3, -0.25) is 4.98 Å². The molecule has 0 radical (unpaired) electrons. The third kappa shape index (κ3) is 5.57. The Balaban J connectivity index is 1.55. The van der Waals surface area contributed by atoms with E-state index >= 15 is 0 Å². The molecule has 0 saturated carbocycles. The summed E-state index contributed by atoms with van der Waals surface area (Å²) in [5.74, 6) is 0. The van der Waals surface area contributed by atoms with E-state index < -0.39 is 6.03 Å².